The van der Waals surface area contributed by atoms with E-state index >= 15 is 0 Å². The highest BCUT2D eigenvalue weighted by atomic mass is 35.5. The molecule has 0 saturated heterocycles. The fourth-order valence-electron chi connectivity index (χ4n) is 1.81. The zero-order valence-corrected chi connectivity index (χ0v) is 11.0. The molecular weight excluding hydrogens is 268 g/mol. The SMILES string of the molecule is O=C(NCC1(O)CCC1)C(=O)Nc1ccc(Cl)cc1. The number of halogens is 1. The summed E-state index contributed by atoms with van der Waals surface area (Å²) >= 11 is 5.71. The average Bonchev–Trinajstić information content (AvgIpc) is 2.36. The Morgan fingerprint density at radius 2 is 1.84 bits per heavy atom. The smallest absolute Gasteiger partial charge is 0.313 e. The number of rotatable bonds is 3. The van der Waals surface area contributed by atoms with E-state index in [0.717, 1.165) is 6.42 Å². The third kappa shape index (κ3) is 3.68. The minimum atomic E-state index is -0.837. The molecule has 0 heterocycles. The van der Waals surface area contributed by atoms with Crippen LogP contribution in [0.4, 0.5) is 5.69 Å². The average molecular weight is 283 g/mol. The van der Waals surface area contributed by atoms with Gasteiger partial charge >= 0.3 is 11.8 Å². The summed E-state index contributed by atoms with van der Waals surface area (Å²) in [5.74, 6) is -1.51. The molecular formula is C13H15ClN2O3. The van der Waals surface area contributed by atoms with Crippen LogP contribution in [0.2, 0.25) is 5.02 Å². The van der Waals surface area contributed by atoms with Gasteiger partial charge in [0.15, 0.2) is 0 Å². The lowest BCUT2D eigenvalue weighted by molar-refractivity contribution is -0.137. The maximum Gasteiger partial charge on any atom is 0.313 e. The van der Waals surface area contributed by atoms with E-state index in [-0.39, 0.29) is 6.54 Å². The highest BCUT2D eigenvalue weighted by Gasteiger charge is 2.35. The van der Waals surface area contributed by atoms with Crippen molar-refractivity contribution in [3.63, 3.8) is 0 Å². The molecule has 1 aromatic rings. The number of aliphatic hydroxyl groups is 1. The molecule has 1 aliphatic carbocycles. The lowest BCUT2D eigenvalue weighted by Gasteiger charge is -2.36. The number of hydrogen-bond acceptors (Lipinski definition) is 3. The van der Waals surface area contributed by atoms with Crippen molar-refractivity contribution in [3.8, 4) is 0 Å². The fourth-order valence-corrected chi connectivity index (χ4v) is 1.93. The molecule has 102 valence electrons. The van der Waals surface area contributed by atoms with E-state index in [1.807, 2.05) is 0 Å². The summed E-state index contributed by atoms with van der Waals surface area (Å²) < 4.78 is 0. The molecule has 0 radical (unpaired) electrons. The van der Waals surface area contributed by atoms with Crippen LogP contribution in [0.25, 0.3) is 0 Å². The Kier molecular flexibility index (Phi) is 4.07. The first-order chi connectivity index (χ1) is 8.98. The number of amides is 2. The molecule has 0 aliphatic heterocycles. The number of benzene rings is 1. The molecule has 0 atom stereocenters. The van der Waals surface area contributed by atoms with Crippen LogP contribution in [0, 0.1) is 0 Å². The van der Waals surface area contributed by atoms with Crippen molar-refractivity contribution < 1.29 is 14.7 Å². The highest BCUT2D eigenvalue weighted by Crippen LogP contribution is 2.30. The minimum Gasteiger partial charge on any atom is -0.388 e. The minimum absolute atomic E-state index is 0.111. The van der Waals surface area contributed by atoms with Crippen LogP contribution in [0.15, 0.2) is 24.3 Å². The molecule has 1 aromatic carbocycles. The van der Waals surface area contributed by atoms with Gasteiger partial charge in [0.1, 0.15) is 0 Å². The molecule has 3 N–H and O–H groups in total. The van der Waals surface area contributed by atoms with E-state index in [4.69, 9.17) is 11.6 Å². The molecule has 2 rings (SSSR count). The Bertz CT molecular complexity index is 483. The third-order valence-corrected chi connectivity index (χ3v) is 3.42. The summed E-state index contributed by atoms with van der Waals surface area (Å²) in [5.41, 5.74) is -0.345. The van der Waals surface area contributed by atoms with Crippen LogP contribution in [0.5, 0.6) is 0 Å². The van der Waals surface area contributed by atoms with E-state index in [9.17, 15) is 14.7 Å². The van der Waals surface area contributed by atoms with Gasteiger partial charge in [-0.2, -0.15) is 0 Å². The van der Waals surface area contributed by atoms with Gasteiger partial charge in [0.2, 0.25) is 0 Å². The van der Waals surface area contributed by atoms with Gasteiger partial charge < -0.3 is 15.7 Å². The fraction of sp³-hybridized carbons (Fsp3) is 0.385. The Morgan fingerprint density at radius 3 is 2.37 bits per heavy atom. The lowest BCUT2D eigenvalue weighted by Crippen LogP contribution is -2.49. The normalized spacial score (nSPS) is 16.3. The summed E-state index contributed by atoms with van der Waals surface area (Å²) in [6.45, 7) is 0.111. The second kappa shape index (κ2) is 5.59. The van der Waals surface area contributed by atoms with Crippen molar-refractivity contribution in [1.82, 2.24) is 5.32 Å². The quantitative estimate of drug-likeness (QED) is 0.732. The first kappa shape index (κ1) is 13.8. The zero-order valence-electron chi connectivity index (χ0n) is 10.3. The van der Waals surface area contributed by atoms with Crippen LogP contribution < -0.4 is 10.6 Å². The zero-order chi connectivity index (χ0) is 13.9. The predicted molar refractivity (Wildman–Crippen MR) is 71.9 cm³/mol. The van der Waals surface area contributed by atoms with E-state index in [1.54, 1.807) is 24.3 Å². The van der Waals surface area contributed by atoms with Gasteiger partial charge in [-0.15, -0.1) is 0 Å². The molecule has 0 unspecified atom stereocenters. The Hall–Kier alpha value is -1.59. The summed E-state index contributed by atoms with van der Waals surface area (Å²) in [7, 11) is 0. The Labute approximate surface area is 116 Å². The van der Waals surface area contributed by atoms with Crippen molar-refractivity contribution in [1.29, 1.82) is 0 Å². The second-order valence-corrected chi connectivity index (χ2v) is 5.16. The first-order valence-corrected chi connectivity index (χ1v) is 6.43. The van der Waals surface area contributed by atoms with Gasteiger partial charge in [-0.3, -0.25) is 9.59 Å². The molecule has 2 amide bonds. The Morgan fingerprint density at radius 1 is 1.21 bits per heavy atom. The molecule has 1 fully saturated rings. The van der Waals surface area contributed by atoms with Crippen LogP contribution >= 0.6 is 11.6 Å². The van der Waals surface area contributed by atoms with E-state index in [1.165, 1.54) is 0 Å². The molecule has 0 spiro atoms. The molecule has 0 aromatic heterocycles. The topological polar surface area (TPSA) is 78.4 Å². The number of anilines is 1. The summed E-state index contributed by atoms with van der Waals surface area (Å²) in [6.07, 6.45) is 2.27. The van der Waals surface area contributed by atoms with Crippen molar-refractivity contribution in [2.24, 2.45) is 0 Å². The van der Waals surface area contributed by atoms with E-state index in [0.29, 0.717) is 23.6 Å². The number of carbonyl (C=O) groups excluding carboxylic acids is 2. The van der Waals surface area contributed by atoms with Crippen LogP contribution in [-0.4, -0.2) is 29.1 Å². The van der Waals surface area contributed by atoms with Gasteiger partial charge in [0, 0.05) is 17.3 Å². The van der Waals surface area contributed by atoms with Gasteiger partial charge in [-0.1, -0.05) is 11.6 Å². The van der Waals surface area contributed by atoms with E-state index < -0.39 is 17.4 Å². The van der Waals surface area contributed by atoms with Crippen molar-refractivity contribution in [3.05, 3.63) is 29.3 Å². The molecule has 0 bridgehead atoms. The molecule has 1 aliphatic rings. The lowest BCUT2D eigenvalue weighted by atomic mass is 9.80. The molecule has 19 heavy (non-hydrogen) atoms. The first-order valence-electron chi connectivity index (χ1n) is 6.06. The monoisotopic (exact) mass is 282 g/mol. The van der Waals surface area contributed by atoms with Crippen molar-refractivity contribution in [2.75, 3.05) is 11.9 Å². The van der Waals surface area contributed by atoms with Crippen LogP contribution in [-0.2, 0) is 9.59 Å². The third-order valence-electron chi connectivity index (χ3n) is 3.17. The number of hydrogen-bond donors (Lipinski definition) is 3. The van der Waals surface area contributed by atoms with Gasteiger partial charge in [0.05, 0.1) is 5.60 Å². The maximum atomic E-state index is 11.6. The number of carbonyl (C=O) groups is 2. The van der Waals surface area contributed by atoms with E-state index in [2.05, 4.69) is 10.6 Å². The van der Waals surface area contributed by atoms with Gasteiger partial charge in [-0.05, 0) is 43.5 Å². The molecule has 1 saturated carbocycles. The van der Waals surface area contributed by atoms with Gasteiger partial charge in [-0.25, -0.2) is 0 Å². The predicted octanol–water partition coefficient (Wildman–Crippen LogP) is 1.31. The van der Waals surface area contributed by atoms with Crippen molar-refractivity contribution in [2.45, 2.75) is 24.9 Å². The second-order valence-electron chi connectivity index (χ2n) is 4.72. The van der Waals surface area contributed by atoms with Crippen LogP contribution in [0.3, 0.4) is 0 Å². The largest absolute Gasteiger partial charge is 0.388 e. The number of nitrogens with one attached hydrogen (secondary N) is 2. The maximum absolute atomic E-state index is 11.6. The highest BCUT2D eigenvalue weighted by molar-refractivity contribution is 6.39. The Balaban J connectivity index is 1.82. The van der Waals surface area contributed by atoms with Gasteiger partial charge in [0.25, 0.3) is 0 Å². The van der Waals surface area contributed by atoms with Crippen LogP contribution in [0.1, 0.15) is 19.3 Å². The van der Waals surface area contributed by atoms with Crippen molar-refractivity contribution >= 4 is 29.1 Å². The summed E-state index contributed by atoms with van der Waals surface area (Å²) in [6, 6.07) is 6.44. The summed E-state index contributed by atoms with van der Waals surface area (Å²) in [5, 5.41) is 15.2. The molecule has 6 heteroatoms. The summed E-state index contributed by atoms with van der Waals surface area (Å²) in [4.78, 5) is 23.1. The molecule has 5 nitrogen and oxygen atoms in total. The standard InChI is InChI=1S/C13H15ClN2O3/c14-9-2-4-10(5-3-9)16-12(18)11(17)15-8-13(19)6-1-7-13/h2-5,19H,1,6-8H2,(H,15,17)(H,16,18).